The molecule has 1 amide bonds. The van der Waals surface area contributed by atoms with E-state index in [0.717, 1.165) is 10.0 Å². The number of ether oxygens (including phenoxy) is 1. The largest absolute Gasteiger partial charge is 0.494 e. The van der Waals surface area contributed by atoms with E-state index in [0.29, 0.717) is 42.0 Å². The van der Waals surface area contributed by atoms with E-state index >= 15 is 0 Å². The van der Waals surface area contributed by atoms with Crippen molar-refractivity contribution in [2.45, 2.75) is 13.0 Å². The molecule has 1 aliphatic rings. The number of rotatable bonds is 6. The summed E-state index contributed by atoms with van der Waals surface area (Å²) in [4.78, 5) is 30.5. The van der Waals surface area contributed by atoms with Crippen LogP contribution in [0.15, 0.2) is 56.1 Å². The maximum absolute atomic E-state index is 13.5. The van der Waals surface area contributed by atoms with E-state index in [1.54, 1.807) is 23.1 Å². The molecular formula is C23H23BrN2O4. The summed E-state index contributed by atoms with van der Waals surface area (Å²) in [7, 11) is 3.91. The molecule has 3 aromatic rings. The fourth-order valence-corrected chi connectivity index (χ4v) is 4.05. The van der Waals surface area contributed by atoms with Gasteiger partial charge in [0.2, 0.25) is 5.76 Å². The van der Waals surface area contributed by atoms with Crippen molar-refractivity contribution in [3.05, 3.63) is 74.0 Å². The van der Waals surface area contributed by atoms with Gasteiger partial charge in [-0.2, -0.15) is 0 Å². The molecule has 2 aromatic carbocycles. The maximum atomic E-state index is 13.5. The molecule has 2 heterocycles. The monoisotopic (exact) mass is 470 g/mol. The second-order valence-corrected chi connectivity index (χ2v) is 8.44. The van der Waals surface area contributed by atoms with E-state index in [2.05, 4.69) is 15.9 Å². The van der Waals surface area contributed by atoms with Gasteiger partial charge < -0.3 is 19.0 Å². The fraction of sp³-hybridized carbons (Fsp3) is 0.304. The average Bonchev–Trinajstić information content (AvgIpc) is 2.99. The first kappa shape index (κ1) is 20.6. The quantitative estimate of drug-likeness (QED) is 0.543. The zero-order valence-corrected chi connectivity index (χ0v) is 18.7. The summed E-state index contributed by atoms with van der Waals surface area (Å²) < 4.78 is 12.5. The molecule has 156 valence electrons. The van der Waals surface area contributed by atoms with Crippen LogP contribution in [-0.4, -0.2) is 49.5 Å². The fourth-order valence-electron chi connectivity index (χ4n) is 3.79. The first-order valence-corrected chi connectivity index (χ1v) is 10.6. The van der Waals surface area contributed by atoms with E-state index in [1.807, 2.05) is 50.2 Å². The van der Waals surface area contributed by atoms with Gasteiger partial charge in [0.15, 0.2) is 5.43 Å². The molecule has 0 saturated carbocycles. The first-order chi connectivity index (χ1) is 14.4. The number of amides is 1. The molecule has 6 nitrogen and oxygen atoms in total. The third-order valence-corrected chi connectivity index (χ3v) is 5.75. The van der Waals surface area contributed by atoms with E-state index < -0.39 is 6.04 Å². The van der Waals surface area contributed by atoms with Crippen LogP contribution in [0, 0.1) is 0 Å². The number of benzene rings is 2. The van der Waals surface area contributed by atoms with E-state index in [-0.39, 0.29) is 17.1 Å². The molecule has 4 rings (SSSR count). The lowest BCUT2D eigenvalue weighted by molar-refractivity contribution is 0.0716. The number of carbonyl (C=O) groups is 1. The molecule has 1 unspecified atom stereocenters. The van der Waals surface area contributed by atoms with Crippen molar-refractivity contribution in [1.82, 2.24) is 9.80 Å². The van der Waals surface area contributed by atoms with Gasteiger partial charge in [0, 0.05) is 23.6 Å². The molecule has 30 heavy (non-hydrogen) atoms. The summed E-state index contributed by atoms with van der Waals surface area (Å²) >= 11 is 3.45. The lowest BCUT2D eigenvalue weighted by Crippen LogP contribution is -2.35. The Labute approximate surface area is 183 Å². The van der Waals surface area contributed by atoms with E-state index in [4.69, 9.17) is 9.15 Å². The number of hydrogen-bond acceptors (Lipinski definition) is 5. The summed E-state index contributed by atoms with van der Waals surface area (Å²) in [6, 6.07) is 12.3. The van der Waals surface area contributed by atoms with Crippen molar-refractivity contribution >= 4 is 32.8 Å². The third-order valence-electron chi connectivity index (χ3n) is 5.22. The smallest absolute Gasteiger partial charge is 0.290 e. The predicted molar refractivity (Wildman–Crippen MR) is 119 cm³/mol. The van der Waals surface area contributed by atoms with Crippen LogP contribution in [0.5, 0.6) is 5.75 Å². The van der Waals surface area contributed by atoms with Gasteiger partial charge >= 0.3 is 0 Å². The molecule has 7 heteroatoms. The molecule has 0 saturated heterocycles. The Bertz CT molecular complexity index is 1150. The van der Waals surface area contributed by atoms with Crippen molar-refractivity contribution in [3.63, 3.8) is 0 Å². The van der Waals surface area contributed by atoms with Crippen molar-refractivity contribution in [3.8, 4) is 5.75 Å². The molecular weight excluding hydrogens is 448 g/mol. The van der Waals surface area contributed by atoms with Gasteiger partial charge in [-0.1, -0.05) is 28.1 Å². The topological polar surface area (TPSA) is 63.0 Å². The predicted octanol–water partition coefficient (Wildman–Crippen LogP) is 4.06. The van der Waals surface area contributed by atoms with Gasteiger partial charge in [0.1, 0.15) is 11.3 Å². The van der Waals surface area contributed by atoms with Gasteiger partial charge in [-0.3, -0.25) is 9.59 Å². The lowest BCUT2D eigenvalue weighted by atomic mass is 9.98. The summed E-state index contributed by atoms with van der Waals surface area (Å²) in [5.41, 5.74) is 1.46. The number of nitrogens with zero attached hydrogens (tertiary/aromatic N) is 2. The summed E-state index contributed by atoms with van der Waals surface area (Å²) in [6.45, 7) is 3.55. The summed E-state index contributed by atoms with van der Waals surface area (Å²) in [5, 5.41) is 0.446. The normalized spacial score (nSPS) is 15.8. The zero-order valence-electron chi connectivity index (χ0n) is 17.1. The highest BCUT2D eigenvalue weighted by atomic mass is 79.9. The van der Waals surface area contributed by atoms with Crippen molar-refractivity contribution in [1.29, 1.82) is 0 Å². The van der Waals surface area contributed by atoms with Crippen molar-refractivity contribution in [2.75, 3.05) is 33.8 Å². The molecule has 0 radical (unpaired) electrons. The van der Waals surface area contributed by atoms with Crippen molar-refractivity contribution < 1.29 is 13.9 Å². The van der Waals surface area contributed by atoms with Gasteiger partial charge in [-0.15, -0.1) is 0 Å². The molecule has 1 aliphatic heterocycles. The molecule has 1 aromatic heterocycles. The number of likely N-dealkylation sites (N-methyl/N-ethyl adjacent to an activating group) is 1. The Morgan fingerprint density at radius 1 is 1.13 bits per heavy atom. The lowest BCUT2D eigenvalue weighted by Gasteiger charge is -2.26. The second-order valence-electron chi connectivity index (χ2n) is 7.52. The standard InChI is InChI=1S/C23H23BrN2O4/c1-4-29-16-9-10-17-18(13-16)30-22-19(21(17)27)20(14-5-7-15(24)8-6-14)26(23(22)28)12-11-25(2)3/h5-10,13,20H,4,11-12H2,1-3H3. The summed E-state index contributed by atoms with van der Waals surface area (Å²) in [6.07, 6.45) is 0. The van der Waals surface area contributed by atoms with E-state index in [1.165, 1.54) is 0 Å². The van der Waals surface area contributed by atoms with E-state index in [9.17, 15) is 9.59 Å². The highest BCUT2D eigenvalue weighted by Gasteiger charge is 2.42. The van der Waals surface area contributed by atoms with Crippen LogP contribution < -0.4 is 10.2 Å². The van der Waals surface area contributed by atoms with Crippen LogP contribution in [0.3, 0.4) is 0 Å². The Balaban J connectivity index is 1.90. The van der Waals surface area contributed by atoms with Crippen LogP contribution >= 0.6 is 15.9 Å². The number of carbonyl (C=O) groups excluding carboxylic acids is 1. The van der Waals surface area contributed by atoms with Gasteiger partial charge in [-0.25, -0.2) is 0 Å². The van der Waals surface area contributed by atoms with Crippen LogP contribution in [0.1, 0.15) is 34.6 Å². The van der Waals surface area contributed by atoms with Crippen LogP contribution in [0.2, 0.25) is 0 Å². The highest BCUT2D eigenvalue weighted by molar-refractivity contribution is 9.10. The Hall–Kier alpha value is -2.64. The maximum Gasteiger partial charge on any atom is 0.290 e. The highest BCUT2D eigenvalue weighted by Crippen LogP contribution is 2.38. The van der Waals surface area contributed by atoms with Crippen molar-refractivity contribution in [2.24, 2.45) is 0 Å². The zero-order chi connectivity index (χ0) is 21.4. The van der Waals surface area contributed by atoms with Gasteiger partial charge in [0.25, 0.3) is 5.91 Å². The number of fused-ring (bicyclic) bond motifs is 2. The molecule has 0 bridgehead atoms. The van der Waals surface area contributed by atoms with Crippen LogP contribution in [-0.2, 0) is 0 Å². The Morgan fingerprint density at radius 2 is 1.87 bits per heavy atom. The molecule has 0 N–H and O–H groups in total. The second kappa shape index (κ2) is 8.24. The minimum Gasteiger partial charge on any atom is -0.494 e. The summed E-state index contributed by atoms with van der Waals surface area (Å²) in [5.74, 6) is 0.459. The van der Waals surface area contributed by atoms with Gasteiger partial charge in [-0.05, 0) is 50.8 Å². The minimum atomic E-state index is -0.479. The molecule has 0 aliphatic carbocycles. The molecule has 0 fully saturated rings. The van der Waals surface area contributed by atoms with Crippen LogP contribution in [0.25, 0.3) is 11.0 Å². The molecule has 0 spiro atoms. The average molecular weight is 471 g/mol. The number of hydrogen-bond donors (Lipinski definition) is 0. The Morgan fingerprint density at radius 3 is 2.53 bits per heavy atom. The van der Waals surface area contributed by atoms with Crippen LogP contribution in [0.4, 0.5) is 0 Å². The first-order valence-electron chi connectivity index (χ1n) is 9.85. The van der Waals surface area contributed by atoms with Gasteiger partial charge in [0.05, 0.1) is 23.6 Å². The number of halogens is 1. The minimum absolute atomic E-state index is 0.118. The SMILES string of the molecule is CCOc1ccc2c(=O)c3c(oc2c1)C(=O)N(CCN(C)C)C3c1ccc(Br)cc1. The molecule has 1 atom stereocenters. The third kappa shape index (κ3) is 3.63. The Kier molecular flexibility index (Phi) is 5.66.